The number of fused-ring (bicyclic) bond motifs is 4. The van der Waals surface area contributed by atoms with Crippen molar-refractivity contribution in [1.82, 2.24) is 15.2 Å². The van der Waals surface area contributed by atoms with Gasteiger partial charge in [0, 0.05) is 101 Å². The molecule has 8 rings (SSSR count). The van der Waals surface area contributed by atoms with Crippen molar-refractivity contribution in [3.63, 3.8) is 0 Å². The molecule has 5 N–H and O–H groups in total. The summed E-state index contributed by atoms with van der Waals surface area (Å²) in [5.41, 5.74) is 2.54. The minimum absolute atomic E-state index is 0.00217. The van der Waals surface area contributed by atoms with E-state index < -0.39 is 29.3 Å². The molecule has 2 amide bonds. The molecule has 2 aliphatic heterocycles. The van der Waals surface area contributed by atoms with E-state index in [2.05, 4.69) is 10.6 Å². The maximum atomic E-state index is 13.6. The van der Waals surface area contributed by atoms with Crippen molar-refractivity contribution in [2.45, 2.75) is 0 Å². The summed E-state index contributed by atoms with van der Waals surface area (Å²) in [5.74, 6) is -3.63. The molecule has 0 saturated heterocycles. The van der Waals surface area contributed by atoms with Crippen molar-refractivity contribution >= 4 is 74.6 Å². The van der Waals surface area contributed by atoms with E-state index in [1.54, 1.807) is 6.07 Å². The molecule has 0 fully saturated rings. The zero-order valence-electron chi connectivity index (χ0n) is 34.5. The normalized spacial score (nSPS) is 11.3. The maximum absolute atomic E-state index is 13.6. The van der Waals surface area contributed by atoms with Gasteiger partial charge in [-0.1, -0.05) is 29.3 Å². The number of hydrogen-bond donors (Lipinski definition) is 5. The molecule has 16 heteroatoms. The molecule has 0 aromatic heterocycles. The van der Waals surface area contributed by atoms with Gasteiger partial charge < -0.3 is 39.7 Å². The zero-order chi connectivity index (χ0) is 45.7. The number of nitrogens with zero attached hydrogens (tertiary/aromatic N) is 2. The Hall–Kier alpha value is -7.68. The van der Waals surface area contributed by atoms with Crippen LogP contribution < -0.4 is 30.9 Å². The van der Waals surface area contributed by atoms with Gasteiger partial charge in [-0.3, -0.25) is 14.4 Å². The SMILES string of the molecule is CN(C)c1ccc2c(-c3c(Cl)cc(C(=O)NCCNC(=O)c4ccc(-c5c6ccc(=O)cc-6oc6cc(O)ccc56)c(C(=O)O)c4)c(Cl)c3C(=O)O)c3ccc(=[N+](C)C)cc-3oc2c1. The summed E-state index contributed by atoms with van der Waals surface area (Å²) < 4.78 is 14.2. The van der Waals surface area contributed by atoms with Crippen LogP contribution in [0.25, 0.3) is 66.8 Å². The molecule has 4 aromatic carbocycles. The maximum Gasteiger partial charge on any atom is 0.337 e. The summed E-state index contributed by atoms with van der Waals surface area (Å²) in [6.45, 7) is -0.250. The average Bonchev–Trinajstić information content (AvgIpc) is 3.25. The molecule has 64 heavy (non-hydrogen) atoms. The van der Waals surface area contributed by atoms with Gasteiger partial charge >= 0.3 is 11.9 Å². The number of rotatable bonds is 10. The molecule has 4 aliphatic rings. The van der Waals surface area contributed by atoms with Crippen molar-refractivity contribution in [3.8, 4) is 50.7 Å². The molecular formula is C48H37Cl2N4O10+. The standard InChI is InChI=1S/C48H36Cl2N4O10/c1-53(2)24-6-11-31-36(18-24)63-37-19-25(54(3)4)7-12-32(37)41(31)42-35(49)22-34(44(50)43(42)48(61)62)46(58)52-16-15-51-45(57)23-5-10-28(33(17-23)47(59)60)40-29-13-8-26(55)20-38(29)64-39-21-27(56)9-14-30(39)40/h5-14,17-22H,15-16H2,1-4H3,(H4-,51,52,55,56,57,58,59,60,61,62)/p+1. The van der Waals surface area contributed by atoms with E-state index in [0.29, 0.717) is 44.4 Å². The second-order valence-electron chi connectivity index (χ2n) is 15.3. The van der Waals surface area contributed by atoms with Gasteiger partial charge in [-0.25, -0.2) is 14.2 Å². The smallest absolute Gasteiger partial charge is 0.337 e. The minimum atomic E-state index is -1.42. The molecule has 0 radical (unpaired) electrons. The van der Waals surface area contributed by atoms with Crippen molar-refractivity contribution < 1.29 is 43.3 Å². The summed E-state index contributed by atoms with van der Waals surface area (Å²) in [6.07, 6.45) is 0. The Morgan fingerprint density at radius 2 is 1.28 bits per heavy atom. The summed E-state index contributed by atoms with van der Waals surface area (Å²) in [4.78, 5) is 66.8. The lowest BCUT2D eigenvalue weighted by atomic mass is 9.89. The third kappa shape index (κ3) is 7.84. The highest BCUT2D eigenvalue weighted by Gasteiger charge is 2.30. The lowest BCUT2D eigenvalue weighted by Crippen LogP contribution is -2.35. The number of phenolic OH excluding ortho intramolecular Hbond substituents is 1. The third-order valence-corrected chi connectivity index (χ3v) is 11.5. The van der Waals surface area contributed by atoms with Crippen LogP contribution in [0.15, 0.2) is 111 Å². The van der Waals surface area contributed by atoms with Gasteiger partial charge in [0.2, 0.25) is 5.36 Å². The van der Waals surface area contributed by atoms with Gasteiger partial charge in [-0.15, -0.1) is 0 Å². The van der Waals surface area contributed by atoms with Crippen molar-refractivity contribution in [1.29, 1.82) is 0 Å². The largest absolute Gasteiger partial charge is 0.508 e. The number of aromatic hydroxyl groups is 1. The van der Waals surface area contributed by atoms with Crippen LogP contribution in [0, 0.1) is 0 Å². The number of carbonyl (C=O) groups excluding carboxylic acids is 2. The molecule has 0 atom stereocenters. The average molecular weight is 901 g/mol. The van der Waals surface area contributed by atoms with Crippen LogP contribution in [0.4, 0.5) is 5.69 Å². The molecule has 0 bridgehead atoms. The Bertz CT molecular complexity index is 3350. The molecule has 322 valence electrons. The Kier molecular flexibility index (Phi) is 11.3. The van der Waals surface area contributed by atoms with Gasteiger partial charge in [0.15, 0.2) is 5.43 Å². The molecule has 0 unspecified atom stereocenters. The zero-order valence-corrected chi connectivity index (χ0v) is 36.0. The summed E-state index contributed by atoms with van der Waals surface area (Å²) >= 11 is 13.7. The topological polar surface area (TPSA) is 203 Å². The van der Waals surface area contributed by atoms with Crippen LogP contribution in [0.3, 0.4) is 0 Å². The fourth-order valence-corrected chi connectivity index (χ4v) is 8.32. The fourth-order valence-electron chi connectivity index (χ4n) is 7.71. The Labute approximate surface area is 373 Å². The second kappa shape index (κ2) is 16.9. The van der Waals surface area contributed by atoms with Crippen LogP contribution in [0.2, 0.25) is 10.0 Å². The highest BCUT2D eigenvalue weighted by molar-refractivity contribution is 6.41. The summed E-state index contributed by atoms with van der Waals surface area (Å²) in [6, 6.07) is 24.9. The first-order chi connectivity index (χ1) is 30.5. The number of phenols is 1. The van der Waals surface area contributed by atoms with Crippen molar-refractivity contribution in [3.05, 3.63) is 145 Å². The van der Waals surface area contributed by atoms with E-state index in [0.717, 1.165) is 11.0 Å². The van der Waals surface area contributed by atoms with Crippen LogP contribution in [-0.4, -0.2) is 80.4 Å². The Morgan fingerprint density at radius 3 is 1.97 bits per heavy atom. The molecule has 4 aromatic rings. The van der Waals surface area contributed by atoms with Gasteiger partial charge in [-0.05, 0) is 66.2 Å². The van der Waals surface area contributed by atoms with E-state index in [4.69, 9.17) is 32.0 Å². The molecule has 14 nitrogen and oxygen atoms in total. The first-order valence-corrected chi connectivity index (χ1v) is 20.4. The van der Waals surface area contributed by atoms with E-state index in [1.807, 2.05) is 74.1 Å². The number of amides is 2. The first kappa shape index (κ1) is 43.0. The van der Waals surface area contributed by atoms with Crippen LogP contribution in [0.5, 0.6) is 5.75 Å². The number of carboxylic acids is 2. The molecule has 2 heterocycles. The third-order valence-electron chi connectivity index (χ3n) is 10.8. The van der Waals surface area contributed by atoms with Crippen LogP contribution in [-0.2, 0) is 0 Å². The summed E-state index contributed by atoms with van der Waals surface area (Å²) in [5, 5.41) is 37.8. The lowest BCUT2D eigenvalue weighted by molar-refractivity contribution is 0.0686. The lowest BCUT2D eigenvalue weighted by Gasteiger charge is -2.21. The molecule has 0 spiro atoms. The van der Waals surface area contributed by atoms with Crippen molar-refractivity contribution in [2.24, 2.45) is 0 Å². The van der Waals surface area contributed by atoms with Gasteiger partial charge in [0.1, 0.15) is 42.5 Å². The van der Waals surface area contributed by atoms with E-state index >= 15 is 0 Å². The summed E-state index contributed by atoms with van der Waals surface area (Å²) in [7, 11) is 7.53. The number of nitrogens with one attached hydrogen (secondary N) is 2. The highest BCUT2D eigenvalue weighted by atomic mass is 35.5. The number of carboxylic acid groups (broad SMARTS) is 2. The minimum Gasteiger partial charge on any atom is -0.508 e. The molecular weight excluding hydrogens is 863 g/mol. The Balaban J connectivity index is 1.06. The highest BCUT2D eigenvalue weighted by Crippen LogP contribution is 2.47. The monoisotopic (exact) mass is 899 g/mol. The van der Waals surface area contributed by atoms with Crippen LogP contribution >= 0.6 is 23.2 Å². The predicted octanol–water partition coefficient (Wildman–Crippen LogP) is 7.75. The fraction of sp³-hybridized carbons (Fsp3) is 0.125. The quantitative estimate of drug-likeness (QED) is 0.0510. The van der Waals surface area contributed by atoms with E-state index in [9.17, 15) is 39.3 Å². The number of aromatic carboxylic acids is 2. The number of anilines is 1. The molecule has 2 aliphatic carbocycles. The van der Waals surface area contributed by atoms with Crippen LogP contribution in [0.1, 0.15) is 41.4 Å². The van der Waals surface area contributed by atoms with Gasteiger partial charge in [-0.2, -0.15) is 0 Å². The van der Waals surface area contributed by atoms with Gasteiger partial charge in [0.05, 0.1) is 32.8 Å². The van der Waals surface area contributed by atoms with E-state index in [-0.39, 0.29) is 73.5 Å². The number of hydrogen-bond acceptors (Lipinski definition) is 9. The van der Waals surface area contributed by atoms with E-state index in [1.165, 1.54) is 54.6 Å². The number of halogens is 2. The number of benzene rings is 6. The molecule has 0 saturated carbocycles. The Morgan fingerprint density at radius 1 is 0.656 bits per heavy atom. The number of carbonyl (C=O) groups is 4. The second-order valence-corrected chi connectivity index (χ2v) is 16.1. The van der Waals surface area contributed by atoms with Gasteiger partial charge in [0.25, 0.3) is 11.8 Å². The van der Waals surface area contributed by atoms with Crippen molar-refractivity contribution in [2.75, 3.05) is 46.2 Å². The first-order valence-electron chi connectivity index (χ1n) is 19.6. The predicted molar refractivity (Wildman–Crippen MR) is 245 cm³/mol.